The third-order valence-corrected chi connectivity index (χ3v) is 6.41. The van der Waals surface area contributed by atoms with Gasteiger partial charge in [-0.1, -0.05) is 51.0 Å². The van der Waals surface area contributed by atoms with E-state index in [1.165, 1.54) is 43.4 Å². The topological polar surface area (TPSA) is 119 Å². The molecule has 1 aliphatic heterocycles. The summed E-state index contributed by atoms with van der Waals surface area (Å²) in [5.74, 6) is 7.26. The third kappa shape index (κ3) is 4.79. The van der Waals surface area contributed by atoms with Crippen LogP contribution in [0.2, 0.25) is 0 Å². The van der Waals surface area contributed by atoms with E-state index in [0.29, 0.717) is 22.8 Å². The largest absolute Gasteiger partial charge is 0.388 e. The Balaban J connectivity index is 1.63. The smallest absolute Gasteiger partial charge is 0.208 e. The van der Waals surface area contributed by atoms with Gasteiger partial charge >= 0.3 is 0 Å². The molecule has 3 atom stereocenters. The molecule has 1 fully saturated rings. The Morgan fingerprint density at radius 2 is 2.00 bits per heavy atom. The van der Waals surface area contributed by atoms with E-state index in [0.717, 1.165) is 17.7 Å². The van der Waals surface area contributed by atoms with Crippen LogP contribution in [0, 0.1) is 11.8 Å². The minimum absolute atomic E-state index is 0.0286. The van der Waals surface area contributed by atoms with Crippen molar-refractivity contribution in [3.63, 3.8) is 0 Å². The van der Waals surface area contributed by atoms with E-state index in [2.05, 4.69) is 33.7 Å². The Labute approximate surface area is 191 Å². The van der Waals surface area contributed by atoms with E-state index in [9.17, 15) is 10.2 Å². The molecule has 0 bridgehead atoms. The number of ether oxygens (including phenoxy) is 1. The van der Waals surface area contributed by atoms with Gasteiger partial charge in [-0.2, -0.15) is 0 Å². The Hall–Kier alpha value is -2.51. The van der Waals surface area contributed by atoms with Crippen LogP contribution in [-0.4, -0.2) is 48.5 Å². The molecular weight excluding hydrogens is 426 g/mol. The summed E-state index contributed by atoms with van der Waals surface area (Å²) in [5, 5.41) is 22.5. The first kappa shape index (κ1) is 22.7. The summed E-state index contributed by atoms with van der Waals surface area (Å²) >= 11 is 1.50. The highest BCUT2D eigenvalue weighted by atomic mass is 32.1. The molecule has 170 valence electrons. The summed E-state index contributed by atoms with van der Waals surface area (Å²) < 4.78 is 7.39. The molecular formula is C23H29N5O3S. The van der Waals surface area contributed by atoms with Gasteiger partial charge in [0, 0.05) is 6.42 Å². The predicted octanol–water partition coefficient (Wildman–Crippen LogP) is 3.49. The summed E-state index contributed by atoms with van der Waals surface area (Å²) in [6.45, 7) is 2.24. The molecule has 0 aliphatic carbocycles. The molecule has 9 heteroatoms. The van der Waals surface area contributed by atoms with Crippen molar-refractivity contribution in [1.29, 1.82) is 0 Å². The zero-order chi connectivity index (χ0) is 22.5. The molecule has 1 aliphatic rings. The maximum atomic E-state index is 10.5. The molecule has 0 amide bonds. The molecule has 8 nitrogen and oxygen atoms in total. The molecule has 0 saturated carbocycles. The Kier molecular flexibility index (Phi) is 7.37. The van der Waals surface area contributed by atoms with E-state index in [-0.39, 0.29) is 12.4 Å². The van der Waals surface area contributed by atoms with Crippen LogP contribution in [0.4, 0.5) is 5.82 Å². The zero-order valence-electron chi connectivity index (χ0n) is 18.2. The number of anilines is 1. The van der Waals surface area contributed by atoms with Gasteiger partial charge in [0.25, 0.3) is 0 Å². The summed E-state index contributed by atoms with van der Waals surface area (Å²) in [6, 6.07) is 3.84. The fourth-order valence-corrected chi connectivity index (χ4v) is 4.53. The first-order chi connectivity index (χ1) is 15.6. The van der Waals surface area contributed by atoms with E-state index >= 15 is 0 Å². The molecule has 32 heavy (non-hydrogen) atoms. The van der Waals surface area contributed by atoms with Crippen LogP contribution in [-0.2, 0) is 4.74 Å². The van der Waals surface area contributed by atoms with E-state index in [1.54, 1.807) is 4.57 Å². The van der Waals surface area contributed by atoms with Crippen LogP contribution in [0.25, 0.3) is 21.9 Å². The van der Waals surface area contributed by atoms with Crippen LogP contribution in [0.5, 0.6) is 0 Å². The van der Waals surface area contributed by atoms with E-state index in [1.807, 2.05) is 17.5 Å². The first-order valence-corrected chi connectivity index (χ1v) is 12.0. The molecule has 4 N–H and O–H groups in total. The second kappa shape index (κ2) is 10.4. The first-order valence-electron chi connectivity index (χ1n) is 11.2. The molecule has 3 aromatic heterocycles. The number of unbranched alkanes of at least 4 members (excludes halogenated alkanes) is 6. The second-order valence-electron chi connectivity index (χ2n) is 7.99. The normalized spacial score (nSPS) is 20.5. The summed E-state index contributed by atoms with van der Waals surface area (Å²) in [7, 11) is 0. The van der Waals surface area contributed by atoms with Crippen LogP contribution in [0.3, 0.4) is 0 Å². The zero-order valence-corrected chi connectivity index (χ0v) is 19.0. The fourth-order valence-electron chi connectivity index (χ4n) is 3.82. The lowest BCUT2D eigenvalue weighted by Gasteiger charge is -2.19. The van der Waals surface area contributed by atoms with Gasteiger partial charge in [-0.05, 0) is 23.8 Å². The number of aliphatic hydroxyl groups is 2. The van der Waals surface area contributed by atoms with Crippen molar-refractivity contribution in [3.05, 3.63) is 23.3 Å². The van der Waals surface area contributed by atoms with Gasteiger partial charge in [-0.25, -0.2) is 15.0 Å². The van der Waals surface area contributed by atoms with Crippen LogP contribution < -0.4 is 5.73 Å². The van der Waals surface area contributed by atoms with Gasteiger partial charge < -0.3 is 20.7 Å². The van der Waals surface area contributed by atoms with Crippen LogP contribution in [0.15, 0.2) is 17.5 Å². The minimum atomic E-state index is -1.11. The lowest BCUT2D eigenvalue weighted by Crippen LogP contribution is -2.28. The number of hydrogen-bond donors (Lipinski definition) is 3. The number of nitrogens with two attached hydrogens (primary N) is 1. The summed E-state index contributed by atoms with van der Waals surface area (Å²) in [4.78, 5) is 14.4. The van der Waals surface area contributed by atoms with Crippen LogP contribution in [0.1, 0.15) is 63.9 Å². The van der Waals surface area contributed by atoms with Gasteiger partial charge in [0.05, 0.1) is 11.5 Å². The van der Waals surface area contributed by atoms with Gasteiger partial charge in [-0.3, -0.25) is 4.57 Å². The van der Waals surface area contributed by atoms with Crippen molar-refractivity contribution in [2.45, 2.75) is 70.3 Å². The Bertz CT molecular complexity index is 1100. The van der Waals surface area contributed by atoms with Crippen molar-refractivity contribution >= 4 is 28.3 Å². The highest BCUT2D eigenvalue weighted by Gasteiger charge is 2.39. The molecule has 4 rings (SSSR count). The molecule has 4 heterocycles. The lowest BCUT2D eigenvalue weighted by molar-refractivity contribution is -0.0152. The maximum Gasteiger partial charge on any atom is 0.208 e. The molecule has 1 saturated heterocycles. The number of aliphatic hydroxyl groups excluding tert-OH is 2. The third-order valence-electron chi connectivity index (χ3n) is 5.54. The number of imidazole rings is 1. The maximum absolute atomic E-state index is 10.5. The molecule has 0 aromatic carbocycles. The lowest BCUT2D eigenvalue weighted by atomic mass is 10.1. The molecule has 0 unspecified atom stereocenters. The molecule has 3 aromatic rings. The number of nitrogens with zero attached hydrogens (tertiary/aromatic N) is 4. The van der Waals surface area contributed by atoms with Crippen LogP contribution >= 0.6 is 11.3 Å². The quantitative estimate of drug-likeness (QED) is 0.351. The van der Waals surface area contributed by atoms with E-state index in [4.69, 9.17) is 10.5 Å². The number of rotatable bonds is 8. The molecule has 0 spiro atoms. The predicted molar refractivity (Wildman–Crippen MR) is 125 cm³/mol. The average molecular weight is 456 g/mol. The van der Waals surface area contributed by atoms with Crippen molar-refractivity contribution in [2.24, 2.45) is 0 Å². The number of hydrogen-bond acceptors (Lipinski definition) is 8. The standard InChI is InChI=1S/C23H29N5O3S/c1-2-3-4-5-6-7-8-9-12-17-25-20(24)18-22(26-17)28(23-19(30)15(29)14-31-23)21(27-18)16-11-10-13-32-16/h10-11,13,15,19,23,29-30H,2-8,14H2,1H3,(H2,24,25,26)/t15-,19-,23-/m1/s1. The van der Waals surface area contributed by atoms with Crippen molar-refractivity contribution in [3.8, 4) is 22.5 Å². The van der Waals surface area contributed by atoms with Gasteiger partial charge in [-0.15, -0.1) is 11.3 Å². The monoisotopic (exact) mass is 455 g/mol. The second-order valence-corrected chi connectivity index (χ2v) is 8.94. The Morgan fingerprint density at radius 3 is 2.72 bits per heavy atom. The average Bonchev–Trinajstić information content (AvgIpc) is 3.50. The summed E-state index contributed by atoms with van der Waals surface area (Å²) in [6.07, 6.45) is 5.14. The van der Waals surface area contributed by atoms with E-state index < -0.39 is 18.4 Å². The van der Waals surface area contributed by atoms with Crippen molar-refractivity contribution in [1.82, 2.24) is 19.5 Å². The highest BCUT2D eigenvalue weighted by molar-refractivity contribution is 7.13. The summed E-state index contributed by atoms with van der Waals surface area (Å²) in [5.41, 5.74) is 7.06. The number of fused-ring (bicyclic) bond motifs is 1. The SMILES string of the molecule is CCCCCCCCC#Cc1nc(N)c2nc(-c3cccs3)n([C@@H]3OC[C@@H](O)[C@H]3O)c2n1. The fraction of sp³-hybridized carbons (Fsp3) is 0.522. The molecule has 0 radical (unpaired) electrons. The van der Waals surface area contributed by atoms with Crippen molar-refractivity contribution < 1.29 is 14.9 Å². The Morgan fingerprint density at radius 1 is 1.19 bits per heavy atom. The van der Waals surface area contributed by atoms with Gasteiger partial charge in [0.1, 0.15) is 12.2 Å². The number of thiophene rings is 1. The highest BCUT2D eigenvalue weighted by Crippen LogP contribution is 2.36. The number of aromatic nitrogens is 4. The van der Waals surface area contributed by atoms with Crippen molar-refractivity contribution in [2.75, 3.05) is 12.3 Å². The van der Waals surface area contributed by atoms with Gasteiger partial charge in [0.15, 0.2) is 29.0 Å². The number of nitrogen functional groups attached to an aromatic ring is 1. The minimum Gasteiger partial charge on any atom is -0.388 e. The van der Waals surface area contributed by atoms with Gasteiger partial charge in [0.2, 0.25) is 5.82 Å².